The highest BCUT2D eigenvalue weighted by Gasteiger charge is 2.56. The van der Waals surface area contributed by atoms with E-state index in [0.717, 1.165) is 41.5 Å². The molecule has 2 saturated heterocycles. The van der Waals surface area contributed by atoms with Crippen LogP contribution < -0.4 is 0 Å². The van der Waals surface area contributed by atoms with Crippen molar-refractivity contribution in [3.05, 3.63) is 35.9 Å². The third kappa shape index (κ3) is 11.2. The monoisotopic (exact) mass is 684 g/mol. The zero-order valence-corrected chi connectivity index (χ0v) is 27.3. The summed E-state index contributed by atoms with van der Waals surface area (Å²) in [5, 5.41) is 11.1. The van der Waals surface area contributed by atoms with E-state index in [1.807, 2.05) is 0 Å². The lowest BCUT2D eigenvalue weighted by atomic mass is 9.96. The molecule has 48 heavy (non-hydrogen) atoms. The van der Waals surface area contributed by atoms with Crippen molar-refractivity contribution in [3.8, 4) is 0 Å². The van der Waals surface area contributed by atoms with Gasteiger partial charge in [0, 0.05) is 41.5 Å². The molecule has 17 nitrogen and oxygen atoms in total. The van der Waals surface area contributed by atoms with E-state index in [2.05, 4.69) is 0 Å². The van der Waals surface area contributed by atoms with E-state index in [9.17, 15) is 33.9 Å². The number of aliphatic hydroxyl groups excluding tert-OH is 1. The Morgan fingerprint density at radius 3 is 1.48 bits per heavy atom. The molecule has 266 valence electrons. The van der Waals surface area contributed by atoms with Crippen LogP contribution in [0.2, 0.25) is 0 Å². The second kappa shape index (κ2) is 17.8. The fraction of sp³-hybridized carbons (Fsp3) is 0.613. The predicted octanol–water partition coefficient (Wildman–Crippen LogP) is 0.252. The summed E-state index contributed by atoms with van der Waals surface area (Å²) in [5.41, 5.74) is 0.672. The van der Waals surface area contributed by atoms with Crippen molar-refractivity contribution >= 4 is 35.8 Å². The Balaban J connectivity index is 2.08. The Labute approximate surface area is 275 Å². The molecule has 10 unspecified atom stereocenters. The maximum Gasteiger partial charge on any atom is 0.303 e. The first-order chi connectivity index (χ1) is 22.7. The van der Waals surface area contributed by atoms with Gasteiger partial charge in [-0.25, -0.2) is 0 Å². The van der Waals surface area contributed by atoms with E-state index < -0.39 is 110 Å². The molecule has 1 aromatic rings. The van der Waals surface area contributed by atoms with Crippen molar-refractivity contribution in [3.63, 3.8) is 0 Å². The number of carbonyl (C=O) groups is 6. The predicted molar refractivity (Wildman–Crippen MR) is 155 cm³/mol. The Morgan fingerprint density at radius 1 is 0.583 bits per heavy atom. The van der Waals surface area contributed by atoms with Crippen molar-refractivity contribution in [1.82, 2.24) is 0 Å². The molecular weight excluding hydrogens is 644 g/mol. The van der Waals surface area contributed by atoms with Gasteiger partial charge >= 0.3 is 35.8 Å². The van der Waals surface area contributed by atoms with Crippen LogP contribution in [-0.2, 0) is 82.7 Å². The average molecular weight is 685 g/mol. The lowest BCUT2D eigenvalue weighted by Gasteiger charge is -2.48. The molecule has 0 radical (unpaired) electrons. The largest absolute Gasteiger partial charge is 0.463 e. The van der Waals surface area contributed by atoms with Crippen LogP contribution in [0.3, 0.4) is 0 Å². The molecule has 0 amide bonds. The highest BCUT2D eigenvalue weighted by molar-refractivity contribution is 5.68. The van der Waals surface area contributed by atoms with Crippen molar-refractivity contribution in [2.24, 2.45) is 0 Å². The Hall–Kier alpha value is -4.16. The summed E-state index contributed by atoms with van der Waals surface area (Å²) in [5.74, 6) is -4.71. The summed E-state index contributed by atoms with van der Waals surface area (Å²) in [6.45, 7) is 5.49. The van der Waals surface area contributed by atoms with E-state index in [1.165, 1.54) is 0 Å². The molecule has 3 rings (SSSR count). The fourth-order valence-electron chi connectivity index (χ4n) is 5.11. The molecule has 10 atom stereocenters. The number of esters is 6. The number of rotatable bonds is 13. The maximum atomic E-state index is 12.4. The summed E-state index contributed by atoms with van der Waals surface area (Å²) in [4.78, 5) is 72.2. The van der Waals surface area contributed by atoms with Gasteiger partial charge in [-0.1, -0.05) is 30.3 Å². The molecule has 2 aliphatic heterocycles. The second-order valence-corrected chi connectivity index (χ2v) is 10.9. The van der Waals surface area contributed by atoms with Crippen LogP contribution in [0.15, 0.2) is 30.3 Å². The molecule has 0 aliphatic carbocycles. The number of aliphatic hydroxyl groups is 1. The van der Waals surface area contributed by atoms with Crippen molar-refractivity contribution < 1.29 is 81.2 Å². The van der Waals surface area contributed by atoms with Crippen molar-refractivity contribution in [1.29, 1.82) is 0 Å². The lowest BCUT2D eigenvalue weighted by Crippen LogP contribution is -2.66. The van der Waals surface area contributed by atoms with Gasteiger partial charge in [-0.3, -0.25) is 28.8 Å². The minimum atomic E-state index is -1.93. The van der Waals surface area contributed by atoms with Gasteiger partial charge in [-0.15, -0.1) is 0 Å². The standard InChI is InChI=1S/C31H40O17/c1-15(32)39-13-22-24(42-17(3)34)26(44-19(5)36)28(30(38)46-22)48-31-29(41-12-21-10-8-7-9-11-21)27(45-20(6)37)25(43-18(4)35)23(47-31)14-40-16(2)33/h7-11,22-31,38H,12-14H2,1-6H3. The third-order valence-corrected chi connectivity index (χ3v) is 6.89. The van der Waals surface area contributed by atoms with Gasteiger partial charge in [-0.05, 0) is 5.56 Å². The van der Waals surface area contributed by atoms with Crippen LogP contribution in [0.4, 0.5) is 0 Å². The molecule has 1 aromatic carbocycles. The minimum Gasteiger partial charge on any atom is -0.463 e. The maximum absolute atomic E-state index is 12.4. The highest BCUT2D eigenvalue weighted by Crippen LogP contribution is 2.35. The molecule has 2 aliphatic rings. The summed E-state index contributed by atoms with van der Waals surface area (Å²) < 4.78 is 56.1. The van der Waals surface area contributed by atoms with Crippen LogP contribution in [0.5, 0.6) is 0 Å². The zero-order valence-electron chi connectivity index (χ0n) is 27.3. The summed E-state index contributed by atoms with van der Waals surface area (Å²) in [7, 11) is 0. The van der Waals surface area contributed by atoms with Gasteiger partial charge in [0.2, 0.25) is 0 Å². The van der Waals surface area contributed by atoms with E-state index in [1.54, 1.807) is 30.3 Å². The van der Waals surface area contributed by atoms with Crippen molar-refractivity contribution in [2.45, 2.75) is 110 Å². The molecule has 0 aromatic heterocycles. The molecule has 0 spiro atoms. The fourth-order valence-corrected chi connectivity index (χ4v) is 5.11. The molecule has 1 N–H and O–H groups in total. The Bertz CT molecular complexity index is 1280. The third-order valence-electron chi connectivity index (χ3n) is 6.89. The van der Waals surface area contributed by atoms with E-state index in [-0.39, 0.29) is 6.61 Å². The van der Waals surface area contributed by atoms with Crippen LogP contribution >= 0.6 is 0 Å². The van der Waals surface area contributed by atoms with Crippen LogP contribution in [0.25, 0.3) is 0 Å². The molecule has 2 fully saturated rings. The topological polar surface area (TPSA) is 215 Å². The first kappa shape index (κ1) is 38.3. The molecular formula is C31H40O17. The first-order valence-corrected chi connectivity index (χ1v) is 14.9. The molecule has 0 bridgehead atoms. The van der Waals surface area contributed by atoms with Crippen molar-refractivity contribution in [2.75, 3.05) is 13.2 Å². The number of ether oxygens (including phenoxy) is 10. The summed E-state index contributed by atoms with van der Waals surface area (Å²) in [6, 6.07) is 8.78. The van der Waals surface area contributed by atoms with Gasteiger partial charge in [0.15, 0.2) is 43.1 Å². The summed E-state index contributed by atoms with van der Waals surface area (Å²) >= 11 is 0. The number of carbonyl (C=O) groups excluding carboxylic acids is 6. The van der Waals surface area contributed by atoms with Crippen LogP contribution in [0, 0.1) is 0 Å². The van der Waals surface area contributed by atoms with Crippen LogP contribution in [-0.4, -0.2) is 116 Å². The number of hydrogen-bond acceptors (Lipinski definition) is 17. The van der Waals surface area contributed by atoms with Gasteiger partial charge in [0.05, 0.1) is 6.61 Å². The van der Waals surface area contributed by atoms with Gasteiger partial charge in [-0.2, -0.15) is 0 Å². The highest BCUT2D eigenvalue weighted by atomic mass is 16.8. The van der Waals surface area contributed by atoms with Gasteiger partial charge < -0.3 is 52.5 Å². The van der Waals surface area contributed by atoms with E-state index in [4.69, 9.17) is 47.4 Å². The van der Waals surface area contributed by atoms with Gasteiger partial charge in [0.25, 0.3) is 0 Å². The Kier molecular flexibility index (Phi) is 14.2. The zero-order chi connectivity index (χ0) is 35.5. The first-order valence-electron chi connectivity index (χ1n) is 14.9. The molecule has 17 heteroatoms. The smallest absolute Gasteiger partial charge is 0.303 e. The minimum absolute atomic E-state index is 0.106. The second-order valence-electron chi connectivity index (χ2n) is 10.9. The quantitative estimate of drug-likeness (QED) is 0.218. The van der Waals surface area contributed by atoms with Gasteiger partial charge in [0.1, 0.15) is 31.5 Å². The number of hydrogen-bond donors (Lipinski definition) is 1. The number of benzene rings is 1. The molecule has 0 saturated carbocycles. The SMILES string of the molecule is CC(=O)OCC1OC(O)C(OC2OC(COC(C)=O)C(OC(C)=O)C(OC(C)=O)C2OCc2ccccc2)C(OC(C)=O)C1OC(C)=O. The Morgan fingerprint density at radius 2 is 1.02 bits per heavy atom. The van der Waals surface area contributed by atoms with E-state index >= 15 is 0 Å². The van der Waals surface area contributed by atoms with E-state index in [0.29, 0.717) is 5.56 Å². The normalized spacial score (nSPS) is 29.9. The lowest BCUT2D eigenvalue weighted by molar-refractivity contribution is -0.367. The van der Waals surface area contributed by atoms with Crippen LogP contribution in [0.1, 0.15) is 47.1 Å². The molecule has 2 heterocycles. The average Bonchev–Trinajstić information content (AvgIpc) is 2.98. The summed E-state index contributed by atoms with van der Waals surface area (Å²) in [6.07, 6.45) is -15.2.